The van der Waals surface area contributed by atoms with Crippen molar-refractivity contribution in [3.05, 3.63) is 32.9 Å². The summed E-state index contributed by atoms with van der Waals surface area (Å²) >= 11 is 0. The quantitative estimate of drug-likeness (QED) is 0.425. The van der Waals surface area contributed by atoms with Crippen LogP contribution < -0.4 is 17.0 Å². The van der Waals surface area contributed by atoms with Crippen LogP contribution >= 0.6 is 0 Å². The van der Waals surface area contributed by atoms with Crippen LogP contribution in [0.15, 0.2) is 15.8 Å². The zero-order chi connectivity index (χ0) is 19.6. The van der Waals surface area contributed by atoms with Crippen LogP contribution in [-0.2, 0) is 14.3 Å². The van der Waals surface area contributed by atoms with Crippen molar-refractivity contribution in [2.45, 2.75) is 50.8 Å². The summed E-state index contributed by atoms with van der Waals surface area (Å²) in [6.45, 7) is 3.23. The predicted octanol–water partition coefficient (Wildman–Crippen LogP) is -1.79. The third kappa shape index (κ3) is 4.01. The van der Waals surface area contributed by atoms with Gasteiger partial charge in [0.1, 0.15) is 31.0 Å². The molecule has 5 N–H and O–H groups in total. The first-order valence-electron chi connectivity index (χ1n) is 8.12. The molecule has 0 amide bonds. The Kier molecular flexibility index (Phi) is 6.29. The number of nitrogens with zero attached hydrogens (tertiary/aromatic N) is 1. The highest BCUT2D eigenvalue weighted by Crippen LogP contribution is 2.28. The molecule has 0 saturated carbocycles. The van der Waals surface area contributed by atoms with Crippen LogP contribution in [0.1, 0.15) is 26.5 Å². The Labute approximate surface area is 147 Å². The predicted molar refractivity (Wildman–Crippen MR) is 85.6 cm³/mol. The molecule has 1 aliphatic heterocycles. The SMILES string of the molecule is CC[C@H](C)[C@H](N)C(=O)OC[C@@H]1O[C@H](n2cc(F)c(=O)[nH]c2=O)C(O)C1O. The first kappa shape index (κ1) is 20.2. The van der Waals surface area contributed by atoms with Gasteiger partial charge in [-0.3, -0.25) is 19.1 Å². The maximum atomic E-state index is 13.4. The van der Waals surface area contributed by atoms with E-state index in [9.17, 15) is 29.0 Å². The molecule has 2 rings (SSSR count). The smallest absolute Gasteiger partial charge is 0.330 e. The summed E-state index contributed by atoms with van der Waals surface area (Å²) in [5, 5.41) is 20.1. The standard InChI is InChI=1S/C15H22FN3O7/c1-3-6(2)9(17)14(23)25-5-8-10(20)11(21)13(26-8)19-4-7(16)12(22)18-15(19)24/h4,6,8-11,13,20-21H,3,5,17H2,1-2H3,(H,18,22,24)/t6-,8-,9-,10?,11?,13-/m0/s1. The van der Waals surface area contributed by atoms with E-state index in [1.807, 2.05) is 6.92 Å². The summed E-state index contributed by atoms with van der Waals surface area (Å²) in [5.74, 6) is -2.07. The molecule has 26 heavy (non-hydrogen) atoms. The molecule has 2 unspecified atom stereocenters. The van der Waals surface area contributed by atoms with Crippen molar-refractivity contribution < 1.29 is 28.9 Å². The Balaban J connectivity index is 2.08. The van der Waals surface area contributed by atoms with Gasteiger partial charge in [0.05, 0.1) is 6.20 Å². The number of hydrogen-bond acceptors (Lipinski definition) is 8. The number of aromatic nitrogens is 2. The Morgan fingerprint density at radius 3 is 2.73 bits per heavy atom. The fraction of sp³-hybridized carbons (Fsp3) is 0.667. The number of nitrogens with two attached hydrogens (primary N) is 1. The average Bonchev–Trinajstić information content (AvgIpc) is 2.89. The average molecular weight is 375 g/mol. The second-order valence-corrected chi connectivity index (χ2v) is 6.23. The largest absolute Gasteiger partial charge is 0.462 e. The van der Waals surface area contributed by atoms with Gasteiger partial charge in [0.15, 0.2) is 6.23 Å². The Morgan fingerprint density at radius 2 is 2.12 bits per heavy atom. The topological polar surface area (TPSA) is 157 Å². The number of aromatic amines is 1. The number of nitrogens with one attached hydrogen (secondary N) is 1. The summed E-state index contributed by atoms with van der Waals surface area (Å²) < 4.78 is 24.3. The van der Waals surface area contributed by atoms with Crippen LogP contribution in [0.4, 0.5) is 4.39 Å². The zero-order valence-electron chi connectivity index (χ0n) is 14.3. The van der Waals surface area contributed by atoms with Gasteiger partial charge in [-0.15, -0.1) is 0 Å². The molecule has 6 atom stereocenters. The number of hydrogen-bond donors (Lipinski definition) is 4. The molecule has 10 nitrogen and oxygen atoms in total. The number of aliphatic hydroxyl groups excluding tert-OH is 2. The molecule has 1 aromatic heterocycles. The summed E-state index contributed by atoms with van der Waals surface area (Å²) in [5.41, 5.74) is 3.50. The minimum atomic E-state index is -1.61. The van der Waals surface area contributed by atoms with Gasteiger partial charge in [-0.1, -0.05) is 20.3 Å². The lowest BCUT2D eigenvalue weighted by atomic mass is 10.0. The highest BCUT2D eigenvalue weighted by atomic mass is 19.1. The highest BCUT2D eigenvalue weighted by Gasteiger charge is 2.45. The fourth-order valence-corrected chi connectivity index (χ4v) is 2.49. The second-order valence-electron chi connectivity index (χ2n) is 6.23. The molecule has 2 heterocycles. The minimum Gasteiger partial charge on any atom is -0.462 e. The number of aliphatic hydroxyl groups is 2. The number of rotatable bonds is 6. The molecule has 1 fully saturated rings. The van der Waals surface area contributed by atoms with E-state index in [0.717, 1.165) is 0 Å². The van der Waals surface area contributed by atoms with Gasteiger partial charge < -0.3 is 25.4 Å². The van der Waals surface area contributed by atoms with Crippen molar-refractivity contribution in [1.82, 2.24) is 9.55 Å². The molecule has 0 radical (unpaired) electrons. The summed E-state index contributed by atoms with van der Waals surface area (Å²) in [7, 11) is 0. The highest BCUT2D eigenvalue weighted by molar-refractivity contribution is 5.75. The van der Waals surface area contributed by atoms with Gasteiger partial charge in [0.25, 0.3) is 5.56 Å². The van der Waals surface area contributed by atoms with E-state index in [1.165, 1.54) is 0 Å². The van der Waals surface area contributed by atoms with E-state index in [2.05, 4.69) is 0 Å². The van der Waals surface area contributed by atoms with Crippen molar-refractivity contribution in [1.29, 1.82) is 0 Å². The molecular weight excluding hydrogens is 353 g/mol. The number of carbonyl (C=O) groups excluding carboxylic acids is 1. The number of esters is 1. The Morgan fingerprint density at radius 1 is 1.46 bits per heavy atom. The lowest BCUT2D eigenvalue weighted by Gasteiger charge is -2.19. The van der Waals surface area contributed by atoms with Gasteiger partial charge in [-0.25, -0.2) is 4.79 Å². The molecule has 11 heteroatoms. The van der Waals surface area contributed by atoms with Crippen molar-refractivity contribution in [2.24, 2.45) is 11.7 Å². The van der Waals surface area contributed by atoms with Gasteiger partial charge in [-0.05, 0) is 5.92 Å². The summed E-state index contributed by atoms with van der Waals surface area (Å²) in [6, 6.07) is -0.852. The van der Waals surface area contributed by atoms with E-state index in [1.54, 1.807) is 11.9 Å². The van der Waals surface area contributed by atoms with Crippen molar-refractivity contribution in [3.8, 4) is 0 Å². The summed E-state index contributed by atoms with van der Waals surface area (Å²) in [4.78, 5) is 36.4. The van der Waals surface area contributed by atoms with E-state index >= 15 is 0 Å². The van der Waals surface area contributed by atoms with Gasteiger partial charge in [-0.2, -0.15) is 4.39 Å². The number of halogens is 1. The minimum absolute atomic E-state index is 0.113. The van der Waals surface area contributed by atoms with Crippen LogP contribution in [0.3, 0.4) is 0 Å². The molecule has 0 aliphatic carbocycles. The third-order valence-electron chi connectivity index (χ3n) is 4.45. The first-order valence-corrected chi connectivity index (χ1v) is 8.12. The molecule has 1 saturated heterocycles. The molecule has 0 spiro atoms. The molecule has 146 valence electrons. The summed E-state index contributed by atoms with van der Waals surface area (Å²) in [6.07, 6.45) is -4.50. The van der Waals surface area contributed by atoms with Gasteiger partial charge in [0.2, 0.25) is 5.82 Å². The number of carbonyl (C=O) groups is 1. The second kappa shape index (κ2) is 8.08. The lowest BCUT2D eigenvalue weighted by Crippen LogP contribution is -2.41. The van der Waals surface area contributed by atoms with Gasteiger partial charge in [0, 0.05) is 0 Å². The lowest BCUT2D eigenvalue weighted by molar-refractivity contribution is -0.153. The van der Waals surface area contributed by atoms with Crippen LogP contribution in [-0.4, -0.2) is 56.7 Å². The van der Waals surface area contributed by atoms with Crippen molar-refractivity contribution >= 4 is 5.97 Å². The normalized spacial score (nSPS) is 27.9. The molecule has 1 aliphatic rings. The first-order chi connectivity index (χ1) is 12.2. The van der Waals surface area contributed by atoms with E-state index in [4.69, 9.17) is 15.2 Å². The fourth-order valence-electron chi connectivity index (χ4n) is 2.49. The van der Waals surface area contributed by atoms with Crippen molar-refractivity contribution in [2.75, 3.05) is 6.61 Å². The molecule has 0 aromatic carbocycles. The number of H-pyrrole nitrogens is 1. The monoisotopic (exact) mass is 375 g/mol. The molecular formula is C15H22FN3O7. The molecule has 0 bridgehead atoms. The van der Waals surface area contributed by atoms with Crippen LogP contribution in [0.25, 0.3) is 0 Å². The van der Waals surface area contributed by atoms with Crippen LogP contribution in [0, 0.1) is 11.7 Å². The Hall–Kier alpha value is -2.08. The maximum Gasteiger partial charge on any atom is 0.330 e. The van der Waals surface area contributed by atoms with Crippen LogP contribution in [0.5, 0.6) is 0 Å². The van der Waals surface area contributed by atoms with E-state index in [-0.39, 0.29) is 5.92 Å². The van der Waals surface area contributed by atoms with Crippen LogP contribution in [0.2, 0.25) is 0 Å². The maximum absolute atomic E-state index is 13.4. The Bertz CT molecular complexity index is 764. The van der Waals surface area contributed by atoms with E-state index in [0.29, 0.717) is 17.2 Å². The van der Waals surface area contributed by atoms with Gasteiger partial charge >= 0.3 is 11.7 Å². The molecule has 1 aromatic rings. The number of ether oxygens (including phenoxy) is 2. The van der Waals surface area contributed by atoms with E-state index < -0.39 is 60.2 Å². The third-order valence-corrected chi connectivity index (χ3v) is 4.45. The zero-order valence-corrected chi connectivity index (χ0v) is 14.3. The van der Waals surface area contributed by atoms with Crippen molar-refractivity contribution in [3.63, 3.8) is 0 Å².